The molecule has 0 fully saturated rings. The van der Waals surface area contributed by atoms with Gasteiger partial charge in [0, 0.05) is 0 Å². The summed E-state index contributed by atoms with van der Waals surface area (Å²) in [6, 6.07) is 0. The molecular formula is C15H27NO3. The Morgan fingerprint density at radius 2 is 1.84 bits per heavy atom. The van der Waals surface area contributed by atoms with Crippen molar-refractivity contribution in [3.8, 4) is 0 Å². The van der Waals surface area contributed by atoms with Crippen LogP contribution in [0.25, 0.3) is 0 Å². The first kappa shape index (κ1) is 22.4. The molecule has 0 rings (SSSR count). The van der Waals surface area contributed by atoms with Crippen molar-refractivity contribution in [2.45, 2.75) is 27.2 Å². The summed E-state index contributed by atoms with van der Waals surface area (Å²) < 4.78 is 5.08. The SMILES string of the molecule is C=CC.C=CCCO/C=C/C=C(\C=N)OOC.CC. The van der Waals surface area contributed by atoms with E-state index in [1.54, 1.807) is 24.3 Å². The molecule has 19 heavy (non-hydrogen) atoms. The lowest BCUT2D eigenvalue weighted by Gasteiger charge is -1.98. The molecule has 0 aliphatic carbocycles. The standard InChI is InChI=1S/C10H15NO3.C3H6.C2H6/c1-3-4-7-13-8-5-6-10(9-11)14-12-2;1-3-2;1-2/h3,5-6,8-9,11H,1,4,7H2,2H3;3H,1H2,2H3;1-2H3/b8-5+,10-6+,11-9?;;. The maximum atomic E-state index is 6.92. The molecule has 110 valence electrons. The lowest BCUT2D eigenvalue weighted by Crippen LogP contribution is -1.90. The van der Waals surface area contributed by atoms with Gasteiger partial charge in [0.1, 0.15) is 0 Å². The third-order valence-corrected chi connectivity index (χ3v) is 1.20. The van der Waals surface area contributed by atoms with Crippen LogP contribution in [0.3, 0.4) is 0 Å². The zero-order valence-electron chi connectivity index (χ0n) is 12.5. The van der Waals surface area contributed by atoms with Crippen LogP contribution in [0.4, 0.5) is 0 Å². The second-order valence-electron chi connectivity index (χ2n) is 2.65. The van der Waals surface area contributed by atoms with E-state index in [0.29, 0.717) is 12.4 Å². The van der Waals surface area contributed by atoms with Crippen LogP contribution in [0.1, 0.15) is 27.2 Å². The number of rotatable bonds is 8. The van der Waals surface area contributed by atoms with Gasteiger partial charge in [-0.25, -0.2) is 0 Å². The molecule has 0 aromatic carbocycles. The van der Waals surface area contributed by atoms with Crippen LogP contribution in [0.5, 0.6) is 0 Å². The van der Waals surface area contributed by atoms with Crippen molar-refractivity contribution in [1.82, 2.24) is 0 Å². The van der Waals surface area contributed by atoms with Crippen molar-refractivity contribution < 1.29 is 14.5 Å². The lowest BCUT2D eigenvalue weighted by atomic mass is 10.4. The van der Waals surface area contributed by atoms with Crippen LogP contribution in [0.15, 0.2) is 49.5 Å². The van der Waals surface area contributed by atoms with Gasteiger partial charge in [0.05, 0.1) is 26.2 Å². The van der Waals surface area contributed by atoms with Gasteiger partial charge in [-0.15, -0.1) is 13.2 Å². The second-order valence-corrected chi connectivity index (χ2v) is 2.65. The third kappa shape index (κ3) is 26.0. The van der Waals surface area contributed by atoms with E-state index in [4.69, 9.17) is 10.1 Å². The van der Waals surface area contributed by atoms with Crippen molar-refractivity contribution >= 4 is 6.21 Å². The van der Waals surface area contributed by atoms with Crippen molar-refractivity contribution in [1.29, 1.82) is 5.41 Å². The Bertz CT molecular complexity index is 258. The van der Waals surface area contributed by atoms with Gasteiger partial charge in [-0.05, 0) is 25.5 Å². The molecular weight excluding hydrogens is 242 g/mol. The smallest absolute Gasteiger partial charge is 0.182 e. The van der Waals surface area contributed by atoms with E-state index >= 15 is 0 Å². The molecule has 0 radical (unpaired) electrons. The zero-order valence-corrected chi connectivity index (χ0v) is 12.5. The monoisotopic (exact) mass is 269 g/mol. The average molecular weight is 269 g/mol. The molecule has 0 saturated heterocycles. The summed E-state index contributed by atoms with van der Waals surface area (Å²) in [6.45, 7) is 13.4. The Morgan fingerprint density at radius 3 is 2.26 bits per heavy atom. The van der Waals surface area contributed by atoms with Gasteiger partial charge in [0.15, 0.2) is 5.76 Å². The Morgan fingerprint density at radius 1 is 1.26 bits per heavy atom. The molecule has 0 aliphatic heterocycles. The summed E-state index contributed by atoms with van der Waals surface area (Å²) in [7, 11) is 1.38. The fraction of sp³-hybridized carbons (Fsp3) is 0.400. The summed E-state index contributed by atoms with van der Waals surface area (Å²) in [5.74, 6) is 0.302. The van der Waals surface area contributed by atoms with E-state index in [-0.39, 0.29) is 0 Å². The highest BCUT2D eigenvalue weighted by atomic mass is 17.2. The normalized spacial score (nSPS) is 9.37. The maximum absolute atomic E-state index is 6.92. The molecule has 0 heterocycles. The maximum Gasteiger partial charge on any atom is 0.182 e. The molecule has 4 heteroatoms. The summed E-state index contributed by atoms with van der Waals surface area (Å²) in [6.07, 6.45) is 10.1. The minimum absolute atomic E-state index is 0.302. The van der Waals surface area contributed by atoms with Crippen LogP contribution in [-0.2, 0) is 14.5 Å². The van der Waals surface area contributed by atoms with Crippen LogP contribution >= 0.6 is 0 Å². The van der Waals surface area contributed by atoms with E-state index in [1.165, 1.54) is 13.4 Å². The predicted octanol–water partition coefficient (Wildman–Crippen LogP) is 4.42. The number of hydrogen-bond donors (Lipinski definition) is 1. The molecule has 1 N–H and O–H groups in total. The number of nitrogens with one attached hydrogen (secondary N) is 1. The molecule has 4 nitrogen and oxygen atoms in total. The van der Waals surface area contributed by atoms with Gasteiger partial charge < -0.3 is 15.0 Å². The number of hydrogen-bond acceptors (Lipinski definition) is 4. The summed E-state index contributed by atoms with van der Waals surface area (Å²) in [4.78, 5) is 9.00. The second kappa shape index (κ2) is 25.1. The predicted molar refractivity (Wildman–Crippen MR) is 82.1 cm³/mol. The summed E-state index contributed by atoms with van der Waals surface area (Å²) >= 11 is 0. The lowest BCUT2D eigenvalue weighted by molar-refractivity contribution is -0.229. The fourth-order valence-corrected chi connectivity index (χ4v) is 0.605. The minimum atomic E-state index is 0.302. The van der Waals surface area contributed by atoms with Crippen molar-refractivity contribution in [3.05, 3.63) is 49.5 Å². The Kier molecular flexibility index (Phi) is 29.6. The minimum Gasteiger partial charge on any atom is -0.501 e. The number of ether oxygens (including phenoxy) is 1. The van der Waals surface area contributed by atoms with Crippen molar-refractivity contribution in [3.63, 3.8) is 0 Å². The Hall–Kier alpha value is -1.81. The third-order valence-electron chi connectivity index (χ3n) is 1.20. The van der Waals surface area contributed by atoms with E-state index < -0.39 is 0 Å². The first-order valence-electron chi connectivity index (χ1n) is 6.14. The quantitative estimate of drug-likeness (QED) is 0.135. The highest BCUT2D eigenvalue weighted by Crippen LogP contribution is 1.94. The molecule has 0 aromatic rings. The fourth-order valence-electron chi connectivity index (χ4n) is 0.605. The first-order valence-corrected chi connectivity index (χ1v) is 6.14. The summed E-state index contributed by atoms with van der Waals surface area (Å²) in [5, 5.41) is 6.92. The van der Waals surface area contributed by atoms with E-state index in [0.717, 1.165) is 12.6 Å². The van der Waals surface area contributed by atoms with Crippen LogP contribution in [0.2, 0.25) is 0 Å². The molecule has 0 unspecified atom stereocenters. The number of allylic oxidation sites excluding steroid dienone is 4. The molecule has 0 aromatic heterocycles. The molecule has 0 bridgehead atoms. The first-order chi connectivity index (χ1) is 9.26. The molecule has 0 aliphatic rings. The van der Waals surface area contributed by atoms with E-state index in [1.807, 2.05) is 20.8 Å². The van der Waals surface area contributed by atoms with Gasteiger partial charge in [-0.3, -0.25) is 0 Å². The molecule has 0 amide bonds. The van der Waals surface area contributed by atoms with E-state index in [2.05, 4.69) is 22.9 Å². The molecule has 0 atom stereocenters. The Labute approximate surface area is 117 Å². The van der Waals surface area contributed by atoms with Gasteiger partial charge >= 0.3 is 0 Å². The van der Waals surface area contributed by atoms with Crippen LogP contribution < -0.4 is 0 Å². The van der Waals surface area contributed by atoms with Crippen molar-refractivity contribution in [2.24, 2.45) is 0 Å². The largest absolute Gasteiger partial charge is 0.501 e. The average Bonchev–Trinajstić information content (AvgIpc) is 2.44. The van der Waals surface area contributed by atoms with Gasteiger partial charge in [0.25, 0.3) is 0 Å². The zero-order chi connectivity index (χ0) is 15.4. The highest BCUT2D eigenvalue weighted by molar-refractivity contribution is 5.73. The van der Waals surface area contributed by atoms with Crippen LogP contribution in [-0.4, -0.2) is 19.9 Å². The topological polar surface area (TPSA) is 51.5 Å². The highest BCUT2D eigenvalue weighted by Gasteiger charge is 1.88. The van der Waals surface area contributed by atoms with Crippen molar-refractivity contribution in [2.75, 3.05) is 13.7 Å². The Balaban J connectivity index is -0.000000445. The van der Waals surface area contributed by atoms with Gasteiger partial charge in [-0.1, -0.05) is 26.0 Å². The van der Waals surface area contributed by atoms with E-state index in [9.17, 15) is 0 Å². The van der Waals surface area contributed by atoms with Crippen LogP contribution in [0, 0.1) is 5.41 Å². The van der Waals surface area contributed by atoms with Gasteiger partial charge in [0.2, 0.25) is 0 Å². The summed E-state index contributed by atoms with van der Waals surface area (Å²) in [5.41, 5.74) is 0. The molecule has 0 saturated carbocycles. The molecule has 0 spiro atoms. The van der Waals surface area contributed by atoms with Gasteiger partial charge in [-0.2, -0.15) is 4.89 Å².